The van der Waals surface area contributed by atoms with Crippen LogP contribution < -0.4 is 5.32 Å². The molecule has 0 unspecified atom stereocenters. The molecule has 0 bridgehead atoms. The number of carbonyl (C=O) groups excluding carboxylic acids is 1. The molecule has 0 aliphatic carbocycles. The SMILES string of the molecule is Cl.O=C(c1cccc(C(F)(F)F)c1)N1CCC2(CCNC2)CC1. The van der Waals surface area contributed by atoms with Gasteiger partial charge in [0.1, 0.15) is 0 Å². The predicted molar refractivity (Wildman–Crippen MR) is 83.7 cm³/mol. The van der Waals surface area contributed by atoms with Crippen molar-refractivity contribution in [3.63, 3.8) is 0 Å². The number of amides is 1. The monoisotopic (exact) mass is 348 g/mol. The zero-order valence-corrected chi connectivity index (χ0v) is 13.5. The quantitative estimate of drug-likeness (QED) is 0.844. The zero-order chi connectivity index (χ0) is 15.8. The molecule has 2 aliphatic heterocycles. The van der Waals surface area contributed by atoms with Gasteiger partial charge < -0.3 is 10.2 Å². The third-order valence-electron chi connectivity index (χ3n) is 4.88. The minimum Gasteiger partial charge on any atom is -0.339 e. The molecular weight excluding hydrogens is 329 g/mol. The standard InChI is InChI=1S/C16H19F3N2O.ClH/c17-16(18,19)13-3-1-2-12(10-13)14(22)21-8-5-15(6-9-21)4-7-20-11-15;/h1-3,10,20H,4-9,11H2;1H. The van der Waals surface area contributed by atoms with Crippen LogP contribution in [0.3, 0.4) is 0 Å². The first-order valence-electron chi connectivity index (χ1n) is 7.57. The van der Waals surface area contributed by atoms with Crippen LogP contribution in [0.1, 0.15) is 35.2 Å². The molecule has 0 saturated carbocycles. The van der Waals surface area contributed by atoms with Crippen molar-refractivity contribution in [2.45, 2.75) is 25.4 Å². The Balaban J connectivity index is 0.00000192. The van der Waals surface area contributed by atoms with Crippen LogP contribution >= 0.6 is 12.4 Å². The second-order valence-corrected chi connectivity index (χ2v) is 6.30. The molecule has 7 heteroatoms. The van der Waals surface area contributed by atoms with Gasteiger partial charge in [-0.05, 0) is 49.4 Å². The summed E-state index contributed by atoms with van der Waals surface area (Å²) >= 11 is 0. The first-order valence-corrected chi connectivity index (χ1v) is 7.57. The number of halogens is 4. The van der Waals surface area contributed by atoms with E-state index in [4.69, 9.17) is 0 Å². The van der Waals surface area contributed by atoms with Crippen LogP contribution in [0.25, 0.3) is 0 Å². The summed E-state index contributed by atoms with van der Waals surface area (Å²) in [6.07, 6.45) is -1.45. The highest BCUT2D eigenvalue weighted by molar-refractivity contribution is 5.94. The maximum Gasteiger partial charge on any atom is 0.416 e. The fourth-order valence-electron chi connectivity index (χ4n) is 3.42. The number of rotatable bonds is 1. The molecule has 2 fully saturated rings. The summed E-state index contributed by atoms with van der Waals surface area (Å²) in [5.41, 5.74) is -0.368. The zero-order valence-electron chi connectivity index (χ0n) is 12.7. The number of nitrogens with zero attached hydrogens (tertiary/aromatic N) is 1. The predicted octanol–water partition coefficient (Wildman–Crippen LogP) is 3.34. The largest absolute Gasteiger partial charge is 0.416 e. The lowest BCUT2D eigenvalue weighted by Crippen LogP contribution is -2.44. The second kappa shape index (κ2) is 6.69. The summed E-state index contributed by atoms with van der Waals surface area (Å²) in [4.78, 5) is 14.1. The number of nitrogens with one attached hydrogen (secondary N) is 1. The van der Waals surface area contributed by atoms with Gasteiger partial charge >= 0.3 is 6.18 Å². The Labute approximate surface area is 139 Å². The first-order chi connectivity index (χ1) is 10.4. The van der Waals surface area contributed by atoms with Gasteiger partial charge in [0.05, 0.1) is 5.56 Å². The minimum absolute atomic E-state index is 0. The summed E-state index contributed by atoms with van der Waals surface area (Å²) in [5, 5.41) is 3.35. The molecule has 1 aromatic carbocycles. The molecule has 2 heterocycles. The highest BCUT2D eigenvalue weighted by Crippen LogP contribution is 2.37. The summed E-state index contributed by atoms with van der Waals surface area (Å²) in [6.45, 7) is 3.24. The van der Waals surface area contributed by atoms with E-state index in [0.29, 0.717) is 13.1 Å². The molecule has 1 aromatic rings. The number of alkyl halides is 3. The molecule has 0 aromatic heterocycles. The Morgan fingerprint density at radius 2 is 1.87 bits per heavy atom. The molecule has 0 atom stereocenters. The maximum atomic E-state index is 12.7. The van der Waals surface area contributed by atoms with Gasteiger partial charge in [-0.25, -0.2) is 0 Å². The lowest BCUT2D eigenvalue weighted by molar-refractivity contribution is -0.137. The number of piperidine rings is 1. The molecule has 1 amide bonds. The van der Waals surface area contributed by atoms with E-state index in [9.17, 15) is 18.0 Å². The second-order valence-electron chi connectivity index (χ2n) is 6.30. The van der Waals surface area contributed by atoms with Crippen molar-refractivity contribution in [2.75, 3.05) is 26.2 Å². The third kappa shape index (κ3) is 3.80. The van der Waals surface area contributed by atoms with E-state index >= 15 is 0 Å². The van der Waals surface area contributed by atoms with Crippen LogP contribution in [-0.2, 0) is 6.18 Å². The third-order valence-corrected chi connectivity index (χ3v) is 4.88. The number of likely N-dealkylation sites (tertiary alicyclic amines) is 1. The van der Waals surface area contributed by atoms with Gasteiger partial charge in [-0.2, -0.15) is 13.2 Å². The highest BCUT2D eigenvalue weighted by atomic mass is 35.5. The normalized spacial score (nSPS) is 20.4. The van der Waals surface area contributed by atoms with Crippen LogP contribution in [0, 0.1) is 5.41 Å². The lowest BCUT2D eigenvalue weighted by Gasteiger charge is -2.39. The average molecular weight is 349 g/mol. The Morgan fingerprint density at radius 3 is 2.43 bits per heavy atom. The summed E-state index contributed by atoms with van der Waals surface area (Å²) in [5.74, 6) is -0.299. The van der Waals surface area contributed by atoms with Gasteiger partial charge in [-0.1, -0.05) is 6.07 Å². The lowest BCUT2D eigenvalue weighted by atomic mass is 9.78. The van der Waals surface area contributed by atoms with Crippen molar-refractivity contribution < 1.29 is 18.0 Å². The molecule has 1 N–H and O–H groups in total. The van der Waals surface area contributed by atoms with E-state index in [-0.39, 0.29) is 29.3 Å². The smallest absolute Gasteiger partial charge is 0.339 e. The van der Waals surface area contributed by atoms with Crippen molar-refractivity contribution in [3.05, 3.63) is 35.4 Å². The van der Waals surface area contributed by atoms with Crippen molar-refractivity contribution >= 4 is 18.3 Å². The van der Waals surface area contributed by atoms with Gasteiger partial charge in [0.15, 0.2) is 0 Å². The van der Waals surface area contributed by atoms with E-state index in [1.54, 1.807) is 4.90 Å². The Kier molecular flexibility index (Phi) is 5.26. The van der Waals surface area contributed by atoms with Crippen molar-refractivity contribution in [2.24, 2.45) is 5.41 Å². The van der Waals surface area contributed by atoms with E-state index in [0.717, 1.165) is 44.5 Å². The van der Waals surface area contributed by atoms with E-state index in [2.05, 4.69) is 5.32 Å². The Hall–Kier alpha value is -1.27. The van der Waals surface area contributed by atoms with Crippen molar-refractivity contribution in [1.29, 1.82) is 0 Å². The van der Waals surface area contributed by atoms with Crippen molar-refractivity contribution in [3.8, 4) is 0 Å². The number of benzene rings is 1. The minimum atomic E-state index is -4.42. The molecule has 23 heavy (non-hydrogen) atoms. The maximum absolute atomic E-state index is 12.7. The van der Waals surface area contributed by atoms with Crippen LogP contribution in [0.15, 0.2) is 24.3 Å². The van der Waals surface area contributed by atoms with E-state index in [1.165, 1.54) is 12.1 Å². The molecule has 1 spiro atoms. The highest BCUT2D eigenvalue weighted by Gasteiger charge is 2.38. The summed E-state index contributed by atoms with van der Waals surface area (Å²) in [7, 11) is 0. The van der Waals surface area contributed by atoms with Gasteiger partial charge in [0.25, 0.3) is 5.91 Å². The number of hydrogen-bond acceptors (Lipinski definition) is 2. The summed E-state index contributed by atoms with van der Waals surface area (Å²) < 4.78 is 38.2. The molecular formula is C16H20ClF3N2O. The molecule has 2 aliphatic rings. The van der Waals surface area contributed by atoms with Crippen LogP contribution in [-0.4, -0.2) is 37.0 Å². The Bertz CT molecular complexity index is 561. The van der Waals surface area contributed by atoms with Gasteiger partial charge in [0.2, 0.25) is 0 Å². The fraction of sp³-hybridized carbons (Fsp3) is 0.562. The van der Waals surface area contributed by atoms with Gasteiger partial charge in [-0.15, -0.1) is 12.4 Å². The number of hydrogen-bond donors (Lipinski definition) is 1. The molecule has 3 nitrogen and oxygen atoms in total. The molecule has 3 rings (SSSR count). The number of carbonyl (C=O) groups is 1. The average Bonchev–Trinajstić information content (AvgIpc) is 2.95. The van der Waals surface area contributed by atoms with Crippen LogP contribution in [0.2, 0.25) is 0 Å². The van der Waals surface area contributed by atoms with Crippen molar-refractivity contribution in [1.82, 2.24) is 10.2 Å². The molecule has 2 saturated heterocycles. The van der Waals surface area contributed by atoms with Crippen LogP contribution in [0.5, 0.6) is 0 Å². The topological polar surface area (TPSA) is 32.3 Å². The first kappa shape index (κ1) is 18.1. The fourth-order valence-corrected chi connectivity index (χ4v) is 3.42. The van der Waals surface area contributed by atoms with Gasteiger partial charge in [-0.3, -0.25) is 4.79 Å². The van der Waals surface area contributed by atoms with E-state index < -0.39 is 11.7 Å². The Morgan fingerprint density at radius 1 is 1.17 bits per heavy atom. The van der Waals surface area contributed by atoms with Gasteiger partial charge in [0, 0.05) is 25.2 Å². The summed E-state index contributed by atoms with van der Waals surface area (Å²) in [6, 6.07) is 4.69. The van der Waals surface area contributed by atoms with Crippen LogP contribution in [0.4, 0.5) is 13.2 Å². The molecule has 0 radical (unpaired) electrons. The molecule has 128 valence electrons. The van der Waals surface area contributed by atoms with E-state index in [1.807, 2.05) is 0 Å².